The third-order valence-corrected chi connectivity index (χ3v) is 24.3. The molecule has 0 radical (unpaired) electrons. The van der Waals surface area contributed by atoms with E-state index < -0.39 is 29.4 Å². The van der Waals surface area contributed by atoms with Crippen molar-refractivity contribution in [2.45, 2.75) is 151 Å². The van der Waals surface area contributed by atoms with Crippen LogP contribution in [-0.2, 0) is 85.6 Å². The predicted molar refractivity (Wildman–Crippen MR) is 477 cm³/mol. The fourth-order valence-corrected chi connectivity index (χ4v) is 18.1. The van der Waals surface area contributed by atoms with Crippen molar-refractivity contribution >= 4 is 102 Å². The van der Waals surface area contributed by atoms with Gasteiger partial charge in [-0.2, -0.15) is 54.8 Å². The average Bonchev–Trinajstić information content (AvgIpc) is 1.64. The summed E-state index contributed by atoms with van der Waals surface area (Å²) in [6.45, 7) is 21.9. The van der Waals surface area contributed by atoms with Crippen molar-refractivity contribution in [2.75, 3.05) is 55.2 Å². The monoisotopic (exact) mass is 1800 g/mol. The van der Waals surface area contributed by atoms with E-state index in [1.807, 2.05) is 77.1 Å². The van der Waals surface area contributed by atoms with Gasteiger partial charge in [-0.1, -0.05) is 51.1 Å². The van der Waals surface area contributed by atoms with Crippen LogP contribution in [0, 0.1) is 38.5 Å². The molecule has 2 aromatic carbocycles. The number of pyridine rings is 1. The van der Waals surface area contributed by atoms with Crippen LogP contribution in [0.4, 0.5) is 58.8 Å². The molecule has 128 heavy (non-hydrogen) atoms. The lowest BCUT2D eigenvalue weighted by atomic mass is 10.0. The number of likely N-dealkylation sites (tertiary alicyclic amines) is 3. The third kappa shape index (κ3) is 22.8. The summed E-state index contributed by atoms with van der Waals surface area (Å²) in [4.78, 5) is 76.9. The van der Waals surface area contributed by atoms with Crippen molar-refractivity contribution in [2.24, 2.45) is 17.8 Å². The molecule has 31 nitrogen and oxygen atoms in total. The first-order valence-corrected chi connectivity index (χ1v) is 44.5. The number of aryl methyl sites for hydroxylation is 3. The maximum atomic E-state index is 13.3. The maximum absolute atomic E-state index is 13.3. The Kier molecular flexibility index (Phi) is 27.5. The third-order valence-electron chi connectivity index (χ3n) is 22.1. The molecule has 16 heterocycles. The number of piperidine rings is 3. The largest absolute Gasteiger partial charge is 0.416 e. The van der Waals surface area contributed by atoms with Gasteiger partial charge in [0.1, 0.15) is 34.6 Å². The van der Waals surface area contributed by atoms with Crippen LogP contribution in [0.15, 0.2) is 166 Å². The first-order chi connectivity index (χ1) is 61.7. The molecule has 3 aliphatic rings. The second-order valence-corrected chi connectivity index (χ2v) is 35.3. The molecule has 3 fully saturated rings. The molecule has 3 unspecified atom stereocenters. The highest BCUT2D eigenvalue weighted by Crippen LogP contribution is 2.36. The summed E-state index contributed by atoms with van der Waals surface area (Å²) in [5.74, 6) is 3.10. The molecule has 40 heteroatoms. The SMILES string of the molecule is Cc1cn2c(-c3cnn(CC(=O)NCc4cccc(C(F)(F)F)c4)c3)cnc2c(Nc2cc(CN3CCCC(C)C3)ns2)n1.Cc1cn2c(-c3cnn(CC(=O)NCc4ccccc4C(F)(F)F)c3)cnc2c(Nc2cc(CN3CCCC(C)C3)ns2)n1.Cc1cn2c(-c3cnn(CC(=O)NCc4ccncc4)c3)cnc2c(Nc2cc(CN3CCCC(C)C3)ns2)n1. The Morgan fingerprint density at radius 1 is 0.438 bits per heavy atom. The summed E-state index contributed by atoms with van der Waals surface area (Å²) in [7, 11) is 0. The van der Waals surface area contributed by atoms with Gasteiger partial charge < -0.3 is 31.9 Å². The summed E-state index contributed by atoms with van der Waals surface area (Å²) in [5, 5.41) is 34.1. The van der Waals surface area contributed by atoms with E-state index in [0.29, 0.717) is 58.3 Å². The van der Waals surface area contributed by atoms with Gasteiger partial charge >= 0.3 is 12.4 Å². The van der Waals surface area contributed by atoms with Gasteiger partial charge in [0, 0.05) is 125 Å². The van der Waals surface area contributed by atoms with E-state index >= 15 is 0 Å². The number of anilines is 6. The molecule has 0 saturated carbocycles. The van der Waals surface area contributed by atoms with Gasteiger partial charge in [-0.05, 0) is 197 Å². The highest BCUT2D eigenvalue weighted by Gasteiger charge is 2.34. The lowest BCUT2D eigenvalue weighted by Gasteiger charge is -2.30. The molecule has 3 atom stereocenters. The van der Waals surface area contributed by atoms with Crippen LogP contribution >= 0.6 is 34.6 Å². The van der Waals surface area contributed by atoms with Crippen molar-refractivity contribution in [3.8, 4) is 33.8 Å². The molecule has 18 rings (SSSR count). The lowest BCUT2D eigenvalue weighted by molar-refractivity contribution is -0.139. The lowest BCUT2D eigenvalue weighted by Crippen LogP contribution is -2.33. The Labute approximate surface area is 745 Å². The number of hydrogen-bond acceptors (Lipinski definition) is 25. The Morgan fingerprint density at radius 3 is 1.20 bits per heavy atom. The van der Waals surface area contributed by atoms with Gasteiger partial charge in [-0.25, -0.2) is 29.9 Å². The number of carbonyl (C=O) groups is 3. The molecule has 666 valence electrons. The number of benzene rings is 2. The van der Waals surface area contributed by atoms with Crippen LogP contribution in [0.1, 0.15) is 121 Å². The molecule has 3 amide bonds. The van der Waals surface area contributed by atoms with Gasteiger partial charge in [0.25, 0.3) is 0 Å². The molecular formula is C88H96F6N28O3S3. The van der Waals surface area contributed by atoms with Gasteiger partial charge in [0.05, 0.1) is 99.6 Å². The van der Waals surface area contributed by atoms with E-state index in [-0.39, 0.29) is 50.1 Å². The highest BCUT2D eigenvalue weighted by atomic mass is 32.1. The summed E-state index contributed by atoms with van der Waals surface area (Å²) in [5.41, 5.74) is 12.1. The van der Waals surface area contributed by atoms with Crippen molar-refractivity contribution in [3.05, 3.63) is 228 Å². The number of nitrogens with one attached hydrogen (secondary N) is 6. The summed E-state index contributed by atoms with van der Waals surface area (Å²) >= 11 is 4.24. The number of amides is 3. The fraction of sp³-hybridized carbons (Fsp3) is 0.364. The summed E-state index contributed by atoms with van der Waals surface area (Å²) < 4.78 is 103. The van der Waals surface area contributed by atoms with Crippen LogP contribution < -0.4 is 31.9 Å². The Morgan fingerprint density at radius 2 is 0.820 bits per heavy atom. The number of halogens is 6. The first kappa shape index (κ1) is 88.7. The molecule has 0 spiro atoms. The van der Waals surface area contributed by atoms with Crippen LogP contribution in [-0.4, -0.2) is 162 Å². The van der Waals surface area contributed by atoms with E-state index in [2.05, 4.69) is 144 Å². The van der Waals surface area contributed by atoms with Gasteiger partial charge in [-0.3, -0.25) is 61.3 Å². The number of aromatic nitrogens is 19. The van der Waals surface area contributed by atoms with E-state index in [0.717, 1.165) is 172 Å². The number of carbonyl (C=O) groups excluding carboxylic acids is 3. The molecule has 15 aromatic rings. The minimum absolute atomic E-state index is 0.000172. The predicted octanol–water partition coefficient (Wildman–Crippen LogP) is 15.4. The molecule has 3 saturated heterocycles. The minimum Gasteiger partial charge on any atom is -0.350 e. The van der Waals surface area contributed by atoms with E-state index in [1.54, 1.807) is 60.5 Å². The normalized spacial score (nSPS) is 16.0. The van der Waals surface area contributed by atoms with Gasteiger partial charge in [-0.15, -0.1) is 0 Å². The zero-order valence-electron chi connectivity index (χ0n) is 71.2. The van der Waals surface area contributed by atoms with Crippen LogP contribution in [0.25, 0.3) is 50.7 Å². The molecule has 0 aliphatic carbocycles. The molecule has 3 aliphatic heterocycles. The van der Waals surface area contributed by atoms with Crippen molar-refractivity contribution < 1.29 is 40.7 Å². The zero-order valence-corrected chi connectivity index (χ0v) is 73.7. The molecular weight excluding hydrogens is 1710 g/mol. The van der Waals surface area contributed by atoms with Crippen molar-refractivity contribution in [1.82, 2.24) is 121 Å². The smallest absolute Gasteiger partial charge is 0.350 e. The van der Waals surface area contributed by atoms with E-state index in [9.17, 15) is 40.7 Å². The standard InChI is InChI=1S/2C30H32F3N9OS.C28H32N10OS/c1-19-5-4-8-40(14-19)17-24-10-27(44-39-24)38-28-29-35-13-25(42(29)15-20(2)37-28)22-12-36-41(16-22)18-26(43)34-11-21-6-3-7-23(9-21)30(31,32)33;1-19-6-5-9-40(14-19)17-23-10-27(44-39-23)38-28-29-35-13-25(42(29)15-20(2)37-28)22-12-36-41(16-22)18-26(43)34-11-21-7-3-4-8-24(21)30(31,32)33;1-19-4-3-9-36(14-19)17-23-10-26(40-35-23)34-27-28-31-13-24(38(28)15-20(2)33-27)22-12-32-37(16-22)18-25(39)30-11-21-5-7-29-8-6-21/h3,6-7,9-10,12-13,15-16,19H,4-5,8,11,14,17-18H2,1-2H3,(H,34,43)(H,37,38);3-4,7-8,10,12-13,15-16,19H,5-6,9,11,14,17-18H2,1-2H3,(H,34,43)(H,37,38);5-8,10,12-13,15-16,19H,3-4,9,11,14,17-18H2,1-2H3,(H,30,39)(H,33,34). The van der Waals surface area contributed by atoms with Crippen molar-refractivity contribution in [1.29, 1.82) is 0 Å². The number of fused-ring (bicyclic) bond motifs is 3. The Hall–Kier alpha value is -12.8. The average molecular weight is 1800 g/mol. The fourth-order valence-electron chi connectivity index (χ4n) is 16.1. The van der Waals surface area contributed by atoms with Gasteiger partial charge in [0.2, 0.25) is 17.7 Å². The first-order valence-electron chi connectivity index (χ1n) is 42.2. The molecule has 6 N–H and O–H groups in total. The minimum atomic E-state index is -4.50. The Bertz CT molecular complexity index is 6360. The van der Waals surface area contributed by atoms with Crippen molar-refractivity contribution in [3.63, 3.8) is 0 Å². The van der Waals surface area contributed by atoms with Gasteiger partial charge in [0.15, 0.2) is 34.4 Å². The summed E-state index contributed by atoms with van der Waals surface area (Å²) in [6.07, 6.45) is 23.3. The topological polar surface area (TPSA) is 329 Å². The maximum Gasteiger partial charge on any atom is 0.416 e. The van der Waals surface area contributed by atoms with E-state index in [4.69, 9.17) is 4.98 Å². The van der Waals surface area contributed by atoms with Crippen LogP contribution in [0.5, 0.6) is 0 Å². The number of rotatable bonds is 27. The number of hydrogen-bond donors (Lipinski definition) is 6. The zero-order chi connectivity index (χ0) is 89.2. The number of imidazole rings is 3. The number of nitrogens with zero attached hydrogens (tertiary/aromatic N) is 22. The molecule has 13 aromatic heterocycles. The van der Waals surface area contributed by atoms with Crippen LogP contribution in [0.3, 0.4) is 0 Å². The summed E-state index contributed by atoms with van der Waals surface area (Å²) in [6, 6.07) is 20.1. The quantitative estimate of drug-likeness (QED) is 0.0261. The van der Waals surface area contributed by atoms with E-state index in [1.165, 1.54) is 113 Å². The van der Waals surface area contributed by atoms with Crippen LogP contribution in [0.2, 0.25) is 0 Å². The highest BCUT2D eigenvalue weighted by molar-refractivity contribution is 7.10. The second-order valence-electron chi connectivity index (χ2n) is 32.9. The Balaban J connectivity index is 0.000000141. The second kappa shape index (κ2) is 39.6. The number of alkyl halides is 6. The molecule has 0 bridgehead atoms.